The molecule has 0 rings (SSSR count). The van der Waals surface area contributed by atoms with Crippen LogP contribution in [0.15, 0.2) is 0 Å². The summed E-state index contributed by atoms with van der Waals surface area (Å²) in [7, 11) is 0. The Bertz CT molecular complexity index is 309. The first-order chi connectivity index (χ1) is 11.0. The topological polar surface area (TPSA) is 44.5 Å². The van der Waals surface area contributed by atoms with Gasteiger partial charge in [-0.05, 0) is 64.7 Å². The highest BCUT2D eigenvalue weighted by Crippen LogP contribution is 2.28. The second-order valence-electron chi connectivity index (χ2n) is 8.87. The van der Waals surface area contributed by atoms with Crippen LogP contribution in [-0.2, 0) is 9.47 Å². The molecule has 0 aromatic carbocycles. The SMILES string of the molecule is CCCC(C)CC(C)C(CC)CCOC(C)(C)CCOC(C)(C)N. The first-order valence-electron chi connectivity index (χ1n) is 10.1. The highest BCUT2D eigenvalue weighted by molar-refractivity contribution is 4.72. The van der Waals surface area contributed by atoms with Crippen molar-refractivity contribution < 1.29 is 9.47 Å². The lowest BCUT2D eigenvalue weighted by atomic mass is 9.82. The smallest absolute Gasteiger partial charge is 0.111 e. The van der Waals surface area contributed by atoms with Gasteiger partial charge in [-0.3, -0.25) is 0 Å². The van der Waals surface area contributed by atoms with Crippen LogP contribution in [-0.4, -0.2) is 24.5 Å². The monoisotopic (exact) mass is 343 g/mol. The standard InChI is InChI=1S/C21H45NO2/c1-9-11-17(3)16-18(4)19(10-2)12-14-23-20(5,6)13-15-24-21(7,8)22/h17-19H,9-16,22H2,1-8H3. The molecule has 0 fully saturated rings. The summed E-state index contributed by atoms with van der Waals surface area (Å²) in [5.74, 6) is 2.39. The summed E-state index contributed by atoms with van der Waals surface area (Å²) >= 11 is 0. The first-order valence-corrected chi connectivity index (χ1v) is 10.1. The summed E-state index contributed by atoms with van der Waals surface area (Å²) in [6, 6.07) is 0. The van der Waals surface area contributed by atoms with E-state index in [2.05, 4.69) is 41.5 Å². The average Bonchev–Trinajstić information content (AvgIpc) is 2.41. The maximum atomic E-state index is 6.16. The molecule has 0 aliphatic heterocycles. The molecule has 0 heterocycles. The van der Waals surface area contributed by atoms with Crippen LogP contribution in [0.25, 0.3) is 0 Å². The molecule has 24 heavy (non-hydrogen) atoms. The summed E-state index contributed by atoms with van der Waals surface area (Å²) in [5.41, 5.74) is 5.14. The normalized spacial score (nSPS) is 16.9. The molecule has 0 saturated heterocycles. The van der Waals surface area contributed by atoms with Crippen LogP contribution in [0.3, 0.4) is 0 Å². The molecule has 2 N–H and O–H groups in total. The van der Waals surface area contributed by atoms with E-state index in [9.17, 15) is 0 Å². The molecule has 0 aromatic heterocycles. The highest BCUT2D eigenvalue weighted by atomic mass is 16.5. The fraction of sp³-hybridized carbons (Fsp3) is 1.00. The van der Waals surface area contributed by atoms with Gasteiger partial charge < -0.3 is 15.2 Å². The van der Waals surface area contributed by atoms with Crippen LogP contribution in [0.4, 0.5) is 0 Å². The fourth-order valence-electron chi connectivity index (χ4n) is 3.45. The maximum Gasteiger partial charge on any atom is 0.111 e. The van der Waals surface area contributed by atoms with Crippen molar-refractivity contribution in [3.63, 3.8) is 0 Å². The second kappa shape index (κ2) is 11.5. The molecule has 3 unspecified atom stereocenters. The van der Waals surface area contributed by atoms with Crippen LogP contribution in [0.1, 0.15) is 93.9 Å². The minimum atomic E-state index is -0.562. The van der Waals surface area contributed by atoms with E-state index in [1.807, 2.05) is 13.8 Å². The predicted molar refractivity (Wildman–Crippen MR) is 105 cm³/mol. The predicted octanol–water partition coefficient (Wildman–Crippen LogP) is 5.76. The molecule has 0 bridgehead atoms. The summed E-state index contributed by atoms with van der Waals surface area (Å²) in [6.45, 7) is 18.9. The third-order valence-corrected chi connectivity index (χ3v) is 5.04. The highest BCUT2D eigenvalue weighted by Gasteiger charge is 2.22. The van der Waals surface area contributed by atoms with Crippen LogP contribution in [0, 0.1) is 17.8 Å². The third-order valence-electron chi connectivity index (χ3n) is 5.04. The molecule has 3 heteroatoms. The van der Waals surface area contributed by atoms with Crippen molar-refractivity contribution in [2.24, 2.45) is 23.5 Å². The zero-order valence-electron chi connectivity index (χ0n) is 17.8. The summed E-state index contributed by atoms with van der Waals surface area (Å²) in [4.78, 5) is 0. The number of hydrogen-bond acceptors (Lipinski definition) is 3. The molecule has 0 amide bonds. The van der Waals surface area contributed by atoms with Crippen molar-refractivity contribution in [1.29, 1.82) is 0 Å². The molecule has 0 aliphatic carbocycles. The number of rotatable bonds is 14. The van der Waals surface area contributed by atoms with Crippen molar-refractivity contribution in [3.05, 3.63) is 0 Å². The fourth-order valence-corrected chi connectivity index (χ4v) is 3.45. The maximum absolute atomic E-state index is 6.16. The van der Waals surface area contributed by atoms with E-state index in [1.165, 1.54) is 25.7 Å². The Morgan fingerprint density at radius 1 is 0.917 bits per heavy atom. The largest absolute Gasteiger partial charge is 0.375 e. The second-order valence-corrected chi connectivity index (χ2v) is 8.87. The van der Waals surface area contributed by atoms with Gasteiger partial charge in [0.1, 0.15) is 5.72 Å². The van der Waals surface area contributed by atoms with Gasteiger partial charge in [-0.25, -0.2) is 0 Å². The Kier molecular flexibility index (Phi) is 11.4. The van der Waals surface area contributed by atoms with Gasteiger partial charge >= 0.3 is 0 Å². The molecular formula is C21H45NO2. The van der Waals surface area contributed by atoms with Gasteiger partial charge in [0.25, 0.3) is 0 Å². The van der Waals surface area contributed by atoms with Crippen LogP contribution >= 0.6 is 0 Å². The van der Waals surface area contributed by atoms with E-state index in [4.69, 9.17) is 15.2 Å². The summed E-state index contributed by atoms with van der Waals surface area (Å²) < 4.78 is 11.8. The third kappa shape index (κ3) is 12.3. The van der Waals surface area contributed by atoms with Gasteiger partial charge in [0.05, 0.1) is 12.2 Å². The van der Waals surface area contributed by atoms with E-state index >= 15 is 0 Å². The molecule has 3 nitrogen and oxygen atoms in total. The van der Waals surface area contributed by atoms with E-state index in [1.54, 1.807) is 0 Å². The molecule has 0 saturated carbocycles. The lowest BCUT2D eigenvalue weighted by Crippen LogP contribution is -2.37. The van der Waals surface area contributed by atoms with E-state index in [-0.39, 0.29) is 5.60 Å². The van der Waals surface area contributed by atoms with E-state index < -0.39 is 5.72 Å². The molecule has 3 atom stereocenters. The summed E-state index contributed by atoms with van der Waals surface area (Å²) in [5, 5.41) is 0. The van der Waals surface area contributed by atoms with Crippen LogP contribution < -0.4 is 5.73 Å². The zero-order chi connectivity index (χ0) is 18.8. The van der Waals surface area contributed by atoms with Crippen molar-refractivity contribution >= 4 is 0 Å². The molecule has 146 valence electrons. The Morgan fingerprint density at radius 2 is 1.54 bits per heavy atom. The Balaban J connectivity index is 4.14. The molecule has 0 radical (unpaired) electrons. The molecule has 0 spiro atoms. The Labute approximate surface area is 152 Å². The van der Waals surface area contributed by atoms with Crippen molar-refractivity contribution in [1.82, 2.24) is 0 Å². The van der Waals surface area contributed by atoms with Crippen molar-refractivity contribution in [2.45, 2.75) is 105 Å². The summed E-state index contributed by atoms with van der Waals surface area (Å²) in [6.07, 6.45) is 7.26. The van der Waals surface area contributed by atoms with Crippen molar-refractivity contribution in [2.75, 3.05) is 13.2 Å². The zero-order valence-corrected chi connectivity index (χ0v) is 17.8. The minimum Gasteiger partial charge on any atom is -0.375 e. The van der Waals surface area contributed by atoms with Gasteiger partial charge in [0, 0.05) is 6.61 Å². The Hall–Kier alpha value is -0.120. The number of nitrogens with two attached hydrogens (primary N) is 1. The number of ether oxygens (including phenoxy) is 2. The van der Waals surface area contributed by atoms with Gasteiger partial charge in [-0.2, -0.15) is 0 Å². The van der Waals surface area contributed by atoms with E-state index in [0.717, 1.165) is 37.2 Å². The number of hydrogen-bond donors (Lipinski definition) is 1. The quantitative estimate of drug-likeness (QED) is 0.408. The first kappa shape index (κ1) is 23.9. The van der Waals surface area contributed by atoms with Crippen LogP contribution in [0.2, 0.25) is 0 Å². The lowest BCUT2D eigenvalue weighted by molar-refractivity contribution is -0.0734. The molecule has 0 aromatic rings. The average molecular weight is 344 g/mol. The van der Waals surface area contributed by atoms with Gasteiger partial charge in [0.2, 0.25) is 0 Å². The van der Waals surface area contributed by atoms with E-state index in [0.29, 0.717) is 6.61 Å². The lowest BCUT2D eigenvalue weighted by Gasteiger charge is -2.30. The van der Waals surface area contributed by atoms with Gasteiger partial charge in [0.15, 0.2) is 0 Å². The molecular weight excluding hydrogens is 298 g/mol. The van der Waals surface area contributed by atoms with Crippen molar-refractivity contribution in [3.8, 4) is 0 Å². The van der Waals surface area contributed by atoms with Gasteiger partial charge in [-0.1, -0.05) is 47.0 Å². The molecule has 0 aliphatic rings. The Morgan fingerprint density at radius 3 is 2.04 bits per heavy atom. The minimum absolute atomic E-state index is 0.151. The van der Waals surface area contributed by atoms with Crippen LogP contribution in [0.5, 0.6) is 0 Å². The van der Waals surface area contributed by atoms with Gasteiger partial charge in [-0.15, -0.1) is 0 Å².